The lowest BCUT2D eigenvalue weighted by molar-refractivity contribution is -0.299. The largest absolute Gasteiger partial charge is 0.496 e. The molecule has 326 valence electrons. The Labute approximate surface area is 366 Å². The minimum atomic E-state index is -0.923. The van der Waals surface area contributed by atoms with E-state index in [1.54, 1.807) is 34.9 Å². The van der Waals surface area contributed by atoms with Crippen molar-refractivity contribution in [1.29, 1.82) is 0 Å². The third-order valence-electron chi connectivity index (χ3n) is 10.5. The molecule has 16 heteroatoms. The van der Waals surface area contributed by atoms with Crippen LogP contribution < -0.4 is 20.1 Å². The summed E-state index contributed by atoms with van der Waals surface area (Å²) in [7, 11) is 1.58. The molecule has 3 aliphatic heterocycles. The van der Waals surface area contributed by atoms with Gasteiger partial charge < -0.3 is 44.0 Å². The Morgan fingerprint density at radius 2 is 1.70 bits per heavy atom. The molecule has 7 rings (SSSR count). The van der Waals surface area contributed by atoms with E-state index in [1.165, 1.54) is 0 Å². The molecule has 2 saturated heterocycles. The van der Waals surface area contributed by atoms with Crippen molar-refractivity contribution >= 4 is 46.8 Å². The van der Waals surface area contributed by atoms with Gasteiger partial charge in [-0.05, 0) is 96.8 Å². The highest BCUT2D eigenvalue weighted by Crippen LogP contribution is 2.47. The zero-order chi connectivity index (χ0) is 43.9. The fourth-order valence-corrected chi connectivity index (χ4v) is 8.53. The Morgan fingerprint density at radius 3 is 2.41 bits per heavy atom. The van der Waals surface area contributed by atoms with Gasteiger partial charge in [0.2, 0.25) is 5.91 Å². The molecule has 0 bridgehead atoms. The number of halogens is 2. The maximum atomic E-state index is 14.4. The summed E-state index contributed by atoms with van der Waals surface area (Å²) in [6.07, 6.45) is -0.0636. The number of ether oxygens (including phenoxy) is 6. The summed E-state index contributed by atoms with van der Waals surface area (Å²) >= 11 is 13.0. The minimum absolute atomic E-state index is 0.0875. The zero-order valence-corrected chi connectivity index (χ0v) is 37.3. The molecule has 4 heterocycles. The van der Waals surface area contributed by atoms with Crippen molar-refractivity contribution in [2.75, 3.05) is 38.7 Å². The van der Waals surface area contributed by atoms with Crippen LogP contribution in [0.2, 0.25) is 10.0 Å². The van der Waals surface area contributed by atoms with E-state index in [9.17, 15) is 14.4 Å². The Hall–Kier alpha value is -4.86. The number of methoxy groups -OCH3 is 1. The molecule has 61 heavy (non-hydrogen) atoms. The average Bonchev–Trinajstić information content (AvgIpc) is 3.56. The molecule has 2 N–H and O–H groups in total. The van der Waals surface area contributed by atoms with Gasteiger partial charge in [0, 0.05) is 58.0 Å². The van der Waals surface area contributed by atoms with E-state index < -0.39 is 29.1 Å². The number of morpholine rings is 1. The number of carbonyl (C=O) groups excluding carboxylic acids is 3. The summed E-state index contributed by atoms with van der Waals surface area (Å²) in [5.74, 6) is -0.310. The van der Waals surface area contributed by atoms with Gasteiger partial charge in [-0.3, -0.25) is 9.59 Å². The standard InChI is InChI=1S/C45H53Cl2N5O9/c1-43(2,3)61-42(55)48-13-12-31-20-32(60-45(6,7)59-31)21-38(53)49-29-11-9-10-26(16-29)33-22-34-37(23-36(33)56-8)58-24-35-39(41(54)51-14-15-57-25-44(51,4)5)50-52(40(34)35)30-18-27(46)17-28(47)19-30/h9-11,16-19,22-23,31-32H,12-15,20-21,24-25H2,1-8H3,(H,48,55)(H,49,53)/t31-,32-/m1/s1. The number of aromatic nitrogens is 2. The second-order valence-corrected chi connectivity index (χ2v) is 18.4. The zero-order valence-electron chi connectivity index (χ0n) is 35.8. The van der Waals surface area contributed by atoms with E-state index >= 15 is 0 Å². The van der Waals surface area contributed by atoms with Gasteiger partial charge >= 0.3 is 6.09 Å². The molecule has 14 nitrogen and oxygen atoms in total. The predicted molar refractivity (Wildman–Crippen MR) is 232 cm³/mol. The summed E-state index contributed by atoms with van der Waals surface area (Å²) in [4.78, 5) is 41.9. The molecule has 2 atom stereocenters. The first-order valence-electron chi connectivity index (χ1n) is 20.4. The predicted octanol–water partition coefficient (Wildman–Crippen LogP) is 8.82. The van der Waals surface area contributed by atoms with E-state index in [4.69, 9.17) is 56.7 Å². The number of rotatable bonds is 10. The first-order chi connectivity index (χ1) is 28.8. The van der Waals surface area contributed by atoms with Crippen molar-refractivity contribution < 1.29 is 42.8 Å². The van der Waals surface area contributed by atoms with Crippen molar-refractivity contribution in [1.82, 2.24) is 20.0 Å². The molecule has 0 aliphatic carbocycles. The summed E-state index contributed by atoms with van der Waals surface area (Å²) in [5.41, 5.74) is 3.66. The molecular formula is C45H53Cl2N5O9. The lowest BCUT2D eigenvalue weighted by Gasteiger charge is -2.41. The SMILES string of the molecule is COc1cc2c(cc1-c1cccc(NC(=O)C[C@H]3C[C@@H](CCNC(=O)OC(C)(C)C)OC(C)(C)O3)c1)-c1c(c(C(=O)N3CCOCC3(C)C)nn1-c1cc(Cl)cc(Cl)c1)CO2. The highest BCUT2D eigenvalue weighted by molar-refractivity contribution is 6.34. The summed E-state index contributed by atoms with van der Waals surface area (Å²) in [6.45, 7) is 14.7. The van der Waals surface area contributed by atoms with Gasteiger partial charge in [0.1, 0.15) is 23.7 Å². The number of alkyl carbamates (subject to hydrolysis) is 1. The van der Waals surface area contributed by atoms with Gasteiger partial charge in [-0.25, -0.2) is 9.48 Å². The molecule has 2 fully saturated rings. The molecule has 0 spiro atoms. The minimum Gasteiger partial charge on any atom is -0.496 e. The molecule has 4 aromatic rings. The third kappa shape index (κ3) is 10.3. The van der Waals surface area contributed by atoms with Crippen molar-refractivity contribution in [3.05, 3.63) is 75.9 Å². The molecule has 0 unspecified atom stereocenters. The quantitative estimate of drug-likeness (QED) is 0.158. The molecule has 3 amide bonds. The molecular weight excluding hydrogens is 825 g/mol. The topological polar surface area (TPSA) is 152 Å². The maximum absolute atomic E-state index is 14.4. The van der Waals surface area contributed by atoms with Gasteiger partial charge in [0.05, 0.1) is 55.9 Å². The van der Waals surface area contributed by atoms with Crippen LogP contribution in [0.4, 0.5) is 10.5 Å². The number of benzene rings is 3. The van der Waals surface area contributed by atoms with Gasteiger partial charge in [-0.2, -0.15) is 5.10 Å². The second kappa shape index (κ2) is 17.5. The van der Waals surface area contributed by atoms with E-state index in [1.807, 2.05) is 84.9 Å². The number of anilines is 1. The van der Waals surface area contributed by atoms with Crippen molar-refractivity contribution in [3.63, 3.8) is 0 Å². The Morgan fingerprint density at radius 1 is 0.967 bits per heavy atom. The molecule has 0 saturated carbocycles. The van der Waals surface area contributed by atoms with Crippen molar-refractivity contribution in [3.8, 4) is 39.6 Å². The fourth-order valence-electron chi connectivity index (χ4n) is 8.01. The van der Waals surface area contributed by atoms with Crippen LogP contribution in [0.15, 0.2) is 54.6 Å². The number of hydrogen-bond donors (Lipinski definition) is 2. The van der Waals surface area contributed by atoms with Crippen LogP contribution >= 0.6 is 23.2 Å². The second-order valence-electron chi connectivity index (χ2n) is 17.5. The number of hydrogen-bond acceptors (Lipinski definition) is 10. The smallest absolute Gasteiger partial charge is 0.407 e. The van der Waals surface area contributed by atoms with Crippen LogP contribution in [0.3, 0.4) is 0 Å². The van der Waals surface area contributed by atoms with Crippen LogP contribution in [-0.4, -0.2) is 95.1 Å². The summed E-state index contributed by atoms with van der Waals surface area (Å²) in [5, 5.41) is 11.6. The monoisotopic (exact) mass is 877 g/mol. The number of carbonyl (C=O) groups is 3. The van der Waals surface area contributed by atoms with E-state index in [0.717, 1.165) is 5.56 Å². The van der Waals surface area contributed by atoms with Crippen LogP contribution in [0.25, 0.3) is 28.1 Å². The van der Waals surface area contributed by atoms with E-state index in [2.05, 4.69) is 10.6 Å². The van der Waals surface area contributed by atoms with Crippen molar-refractivity contribution in [2.24, 2.45) is 0 Å². The molecule has 0 radical (unpaired) electrons. The first kappa shape index (κ1) is 44.2. The highest BCUT2D eigenvalue weighted by Gasteiger charge is 2.40. The van der Waals surface area contributed by atoms with E-state index in [0.29, 0.717) is 94.4 Å². The van der Waals surface area contributed by atoms with Gasteiger partial charge in [0.15, 0.2) is 11.5 Å². The number of nitrogens with zero attached hydrogens (tertiary/aromatic N) is 3. The first-order valence-corrected chi connectivity index (χ1v) is 21.1. The van der Waals surface area contributed by atoms with Crippen LogP contribution in [0.1, 0.15) is 83.8 Å². The molecule has 3 aliphatic rings. The number of amides is 3. The third-order valence-corrected chi connectivity index (χ3v) is 11.0. The fraction of sp³-hybridized carbons (Fsp3) is 0.467. The lowest BCUT2D eigenvalue weighted by atomic mass is 9.95. The highest BCUT2D eigenvalue weighted by atomic mass is 35.5. The normalized spacial score (nSPS) is 19.2. The Kier molecular flexibility index (Phi) is 12.7. The number of fused-ring (bicyclic) bond motifs is 3. The van der Waals surface area contributed by atoms with Gasteiger partial charge in [-0.1, -0.05) is 35.3 Å². The van der Waals surface area contributed by atoms with Crippen LogP contribution in [0.5, 0.6) is 11.5 Å². The lowest BCUT2D eigenvalue weighted by Crippen LogP contribution is -2.55. The van der Waals surface area contributed by atoms with Crippen LogP contribution in [-0.2, 0) is 30.3 Å². The van der Waals surface area contributed by atoms with E-state index in [-0.39, 0.29) is 36.6 Å². The van der Waals surface area contributed by atoms with Crippen LogP contribution in [0, 0.1) is 0 Å². The van der Waals surface area contributed by atoms with Gasteiger partial charge in [0.25, 0.3) is 5.91 Å². The van der Waals surface area contributed by atoms with Gasteiger partial charge in [-0.15, -0.1) is 0 Å². The van der Waals surface area contributed by atoms with Crippen molar-refractivity contribution in [2.45, 2.75) is 103 Å². The summed E-state index contributed by atoms with van der Waals surface area (Å²) in [6, 6.07) is 16.4. The average molecular weight is 879 g/mol. The Balaban J connectivity index is 1.15. The maximum Gasteiger partial charge on any atom is 0.407 e. The molecule has 3 aromatic carbocycles. The summed E-state index contributed by atoms with van der Waals surface area (Å²) < 4.78 is 37.3. The Bertz CT molecular complexity index is 2300. The molecule has 1 aromatic heterocycles. The number of nitrogens with one attached hydrogen (secondary N) is 2.